The van der Waals surface area contributed by atoms with E-state index in [4.69, 9.17) is 4.74 Å². The fourth-order valence-corrected chi connectivity index (χ4v) is 1.24. The second-order valence-corrected chi connectivity index (χ2v) is 3.66. The summed E-state index contributed by atoms with van der Waals surface area (Å²) >= 11 is 0. The molecule has 0 fully saturated rings. The quantitative estimate of drug-likeness (QED) is 0.658. The van der Waals surface area contributed by atoms with Crippen LogP contribution in [-0.4, -0.2) is 6.61 Å². The summed E-state index contributed by atoms with van der Waals surface area (Å²) in [7, 11) is 0. The van der Waals surface area contributed by atoms with E-state index in [1.54, 1.807) is 0 Å². The second kappa shape index (κ2) is 4.85. The van der Waals surface area contributed by atoms with Gasteiger partial charge in [0.15, 0.2) is 0 Å². The Bertz CT molecular complexity index is 326. The van der Waals surface area contributed by atoms with Gasteiger partial charge in [-0.15, -0.1) is 0 Å². The van der Waals surface area contributed by atoms with Crippen LogP contribution in [0.5, 0.6) is 5.75 Å². The van der Waals surface area contributed by atoms with E-state index in [1.807, 2.05) is 6.07 Å². The molecule has 14 heavy (non-hydrogen) atoms. The molecule has 0 heterocycles. The van der Waals surface area contributed by atoms with Gasteiger partial charge in [-0.25, -0.2) is 0 Å². The van der Waals surface area contributed by atoms with E-state index in [2.05, 4.69) is 39.5 Å². The molecule has 0 aliphatic carbocycles. The highest BCUT2D eigenvalue weighted by Crippen LogP contribution is 2.19. The normalized spacial score (nSPS) is 9.93. The largest absolute Gasteiger partial charge is 0.489 e. The van der Waals surface area contributed by atoms with E-state index in [-0.39, 0.29) is 0 Å². The molecule has 0 saturated heterocycles. The SMILES string of the molecule is C=C(CC)COc1ccc(C)cc1C. The lowest BCUT2D eigenvalue weighted by molar-refractivity contribution is 0.346. The molecule has 0 saturated carbocycles. The van der Waals surface area contributed by atoms with Gasteiger partial charge in [0.05, 0.1) is 0 Å². The fraction of sp³-hybridized carbons (Fsp3) is 0.385. The molecular formula is C13H18O. The Morgan fingerprint density at radius 2 is 2.07 bits per heavy atom. The van der Waals surface area contributed by atoms with Crippen molar-refractivity contribution in [3.8, 4) is 5.75 Å². The predicted molar refractivity (Wildman–Crippen MR) is 60.8 cm³/mol. The van der Waals surface area contributed by atoms with Crippen LogP contribution in [0.4, 0.5) is 0 Å². The molecular weight excluding hydrogens is 172 g/mol. The Morgan fingerprint density at radius 1 is 1.36 bits per heavy atom. The van der Waals surface area contributed by atoms with Crippen molar-refractivity contribution >= 4 is 0 Å². The van der Waals surface area contributed by atoms with Gasteiger partial charge >= 0.3 is 0 Å². The first-order chi connectivity index (χ1) is 6.63. The molecule has 1 rings (SSSR count). The fourth-order valence-electron chi connectivity index (χ4n) is 1.24. The first kappa shape index (κ1) is 10.8. The Hall–Kier alpha value is -1.24. The van der Waals surface area contributed by atoms with Crippen LogP contribution < -0.4 is 4.74 Å². The van der Waals surface area contributed by atoms with Crippen LogP contribution in [0.1, 0.15) is 24.5 Å². The molecule has 1 aromatic carbocycles. The summed E-state index contributed by atoms with van der Waals surface area (Å²) in [6.45, 7) is 10.8. The van der Waals surface area contributed by atoms with Gasteiger partial charge in [-0.3, -0.25) is 0 Å². The van der Waals surface area contributed by atoms with E-state index < -0.39 is 0 Å². The average molecular weight is 190 g/mol. The molecule has 1 nitrogen and oxygen atoms in total. The minimum Gasteiger partial charge on any atom is -0.489 e. The second-order valence-electron chi connectivity index (χ2n) is 3.66. The van der Waals surface area contributed by atoms with Gasteiger partial charge in [-0.1, -0.05) is 31.2 Å². The van der Waals surface area contributed by atoms with E-state index in [1.165, 1.54) is 11.1 Å². The average Bonchev–Trinajstić information content (AvgIpc) is 2.16. The number of hydrogen-bond acceptors (Lipinski definition) is 1. The van der Waals surface area contributed by atoms with Gasteiger partial charge in [0.25, 0.3) is 0 Å². The molecule has 76 valence electrons. The summed E-state index contributed by atoms with van der Waals surface area (Å²) in [5, 5.41) is 0. The standard InChI is InChI=1S/C13H18O/c1-5-10(2)9-14-13-7-6-11(3)8-12(13)4/h6-8H,2,5,9H2,1,3-4H3. The Morgan fingerprint density at radius 3 is 2.64 bits per heavy atom. The van der Waals surface area contributed by atoms with Crippen molar-refractivity contribution in [2.24, 2.45) is 0 Å². The third-order valence-corrected chi connectivity index (χ3v) is 2.26. The maximum Gasteiger partial charge on any atom is 0.122 e. The number of ether oxygens (including phenoxy) is 1. The van der Waals surface area contributed by atoms with Crippen LogP contribution >= 0.6 is 0 Å². The number of rotatable bonds is 4. The number of benzene rings is 1. The first-order valence-electron chi connectivity index (χ1n) is 5.00. The van der Waals surface area contributed by atoms with Crippen LogP contribution in [-0.2, 0) is 0 Å². The molecule has 0 N–H and O–H groups in total. The molecule has 0 bridgehead atoms. The van der Waals surface area contributed by atoms with Gasteiger partial charge in [-0.05, 0) is 37.5 Å². The van der Waals surface area contributed by atoms with Crippen LogP contribution in [0.25, 0.3) is 0 Å². The molecule has 0 amide bonds. The number of aryl methyl sites for hydroxylation is 2. The molecule has 0 aliphatic rings. The van der Waals surface area contributed by atoms with Crippen LogP contribution in [0, 0.1) is 13.8 Å². The van der Waals surface area contributed by atoms with Crippen molar-refractivity contribution in [1.29, 1.82) is 0 Å². The minimum atomic E-state index is 0.625. The van der Waals surface area contributed by atoms with Crippen molar-refractivity contribution in [2.45, 2.75) is 27.2 Å². The molecule has 0 spiro atoms. The highest BCUT2D eigenvalue weighted by Gasteiger charge is 1.99. The topological polar surface area (TPSA) is 9.23 Å². The van der Waals surface area contributed by atoms with Gasteiger partial charge < -0.3 is 4.74 Å². The molecule has 0 aromatic heterocycles. The van der Waals surface area contributed by atoms with Crippen LogP contribution in [0.15, 0.2) is 30.4 Å². The Balaban J connectivity index is 2.63. The summed E-state index contributed by atoms with van der Waals surface area (Å²) in [6.07, 6.45) is 0.977. The Labute approximate surface area is 86.4 Å². The lowest BCUT2D eigenvalue weighted by Gasteiger charge is -2.10. The third kappa shape index (κ3) is 2.91. The molecule has 0 unspecified atom stereocenters. The molecule has 0 aliphatic heterocycles. The maximum absolute atomic E-state index is 5.64. The van der Waals surface area contributed by atoms with Crippen molar-refractivity contribution in [1.82, 2.24) is 0 Å². The van der Waals surface area contributed by atoms with Gasteiger partial charge in [0.1, 0.15) is 12.4 Å². The molecule has 1 aromatic rings. The summed E-state index contributed by atoms with van der Waals surface area (Å²) in [5.74, 6) is 0.963. The van der Waals surface area contributed by atoms with Gasteiger partial charge in [-0.2, -0.15) is 0 Å². The minimum absolute atomic E-state index is 0.625. The lowest BCUT2D eigenvalue weighted by Crippen LogP contribution is -2.00. The smallest absolute Gasteiger partial charge is 0.122 e. The van der Waals surface area contributed by atoms with Crippen molar-refractivity contribution in [3.63, 3.8) is 0 Å². The van der Waals surface area contributed by atoms with E-state index in [0.717, 1.165) is 17.7 Å². The zero-order chi connectivity index (χ0) is 10.6. The summed E-state index contributed by atoms with van der Waals surface area (Å²) in [4.78, 5) is 0. The van der Waals surface area contributed by atoms with Crippen molar-refractivity contribution < 1.29 is 4.74 Å². The lowest BCUT2D eigenvalue weighted by atomic mass is 10.1. The number of hydrogen-bond donors (Lipinski definition) is 0. The zero-order valence-corrected chi connectivity index (χ0v) is 9.26. The molecule has 0 atom stereocenters. The van der Waals surface area contributed by atoms with Crippen molar-refractivity contribution in [2.75, 3.05) is 6.61 Å². The summed E-state index contributed by atoms with van der Waals surface area (Å²) in [6, 6.07) is 6.22. The van der Waals surface area contributed by atoms with Gasteiger partial charge in [0.2, 0.25) is 0 Å². The maximum atomic E-state index is 5.64. The van der Waals surface area contributed by atoms with E-state index in [9.17, 15) is 0 Å². The monoisotopic (exact) mass is 190 g/mol. The summed E-state index contributed by atoms with van der Waals surface area (Å²) in [5.41, 5.74) is 3.59. The highest BCUT2D eigenvalue weighted by atomic mass is 16.5. The molecule has 0 radical (unpaired) electrons. The van der Waals surface area contributed by atoms with Crippen LogP contribution in [0.2, 0.25) is 0 Å². The zero-order valence-electron chi connectivity index (χ0n) is 9.26. The highest BCUT2D eigenvalue weighted by molar-refractivity contribution is 5.35. The van der Waals surface area contributed by atoms with E-state index in [0.29, 0.717) is 6.61 Å². The third-order valence-electron chi connectivity index (χ3n) is 2.26. The van der Waals surface area contributed by atoms with Gasteiger partial charge in [0, 0.05) is 0 Å². The summed E-state index contributed by atoms with van der Waals surface area (Å²) < 4.78 is 5.64. The molecule has 1 heteroatoms. The first-order valence-corrected chi connectivity index (χ1v) is 5.00. The predicted octanol–water partition coefficient (Wildman–Crippen LogP) is 3.65. The van der Waals surface area contributed by atoms with Crippen molar-refractivity contribution in [3.05, 3.63) is 41.5 Å². The van der Waals surface area contributed by atoms with E-state index >= 15 is 0 Å². The Kier molecular flexibility index (Phi) is 3.75. The van der Waals surface area contributed by atoms with Crippen LogP contribution in [0.3, 0.4) is 0 Å².